The highest BCUT2D eigenvalue weighted by Crippen LogP contribution is 2.14. The van der Waals surface area contributed by atoms with Gasteiger partial charge in [-0.2, -0.15) is 0 Å². The maximum atomic E-state index is 11.4. The third kappa shape index (κ3) is 3.72. The number of nitrogens with one attached hydrogen (secondary N) is 1. The smallest absolute Gasteiger partial charge is 0.240 e. The van der Waals surface area contributed by atoms with Crippen molar-refractivity contribution in [1.82, 2.24) is 5.32 Å². The molecular formula is C13H20N2O3. The number of carbonyl (C=O) groups excluding carboxylic acids is 1. The summed E-state index contributed by atoms with van der Waals surface area (Å²) >= 11 is 0. The van der Waals surface area contributed by atoms with Crippen LogP contribution >= 0.6 is 0 Å². The summed E-state index contributed by atoms with van der Waals surface area (Å²) in [5, 5.41) is 11.9. The van der Waals surface area contributed by atoms with E-state index in [-0.39, 0.29) is 13.2 Å². The van der Waals surface area contributed by atoms with Crippen molar-refractivity contribution in [3.05, 3.63) is 29.8 Å². The Hall–Kier alpha value is -1.59. The Morgan fingerprint density at radius 3 is 2.50 bits per heavy atom. The van der Waals surface area contributed by atoms with Gasteiger partial charge in [0.1, 0.15) is 17.9 Å². The highest BCUT2D eigenvalue weighted by molar-refractivity contribution is 5.84. The van der Waals surface area contributed by atoms with Crippen molar-refractivity contribution in [3.63, 3.8) is 0 Å². The molecule has 1 rings (SSSR count). The summed E-state index contributed by atoms with van der Waals surface area (Å²) in [4.78, 5) is 11.4. The number of primary amides is 1. The normalized spacial score (nSPS) is 13.9. The molecule has 0 heterocycles. The molecule has 0 aliphatic heterocycles. The van der Waals surface area contributed by atoms with Gasteiger partial charge in [0.2, 0.25) is 5.91 Å². The van der Waals surface area contributed by atoms with Gasteiger partial charge in [-0.15, -0.1) is 0 Å². The molecule has 1 unspecified atom stereocenters. The van der Waals surface area contributed by atoms with E-state index in [1.54, 1.807) is 31.2 Å². The predicted molar refractivity (Wildman–Crippen MR) is 69.1 cm³/mol. The van der Waals surface area contributed by atoms with Gasteiger partial charge < -0.3 is 20.9 Å². The summed E-state index contributed by atoms with van der Waals surface area (Å²) in [5.74, 6) is 0.189. The lowest BCUT2D eigenvalue weighted by molar-refractivity contribution is -0.124. The third-order valence-electron chi connectivity index (χ3n) is 2.74. The number of nitrogens with two attached hydrogens (primary N) is 1. The fourth-order valence-electron chi connectivity index (χ4n) is 1.52. The first kappa shape index (κ1) is 14.5. The molecular weight excluding hydrogens is 232 g/mol. The van der Waals surface area contributed by atoms with Gasteiger partial charge >= 0.3 is 0 Å². The van der Waals surface area contributed by atoms with Gasteiger partial charge in [-0.1, -0.05) is 19.1 Å². The topological polar surface area (TPSA) is 84.6 Å². The number of benzene rings is 1. The molecule has 0 saturated heterocycles. The van der Waals surface area contributed by atoms with E-state index in [2.05, 4.69) is 5.32 Å². The molecule has 4 N–H and O–H groups in total. The molecule has 0 bridgehead atoms. The fourth-order valence-corrected chi connectivity index (χ4v) is 1.52. The quantitative estimate of drug-likeness (QED) is 0.656. The van der Waals surface area contributed by atoms with E-state index < -0.39 is 11.4 Å². The van der Waals surface area contributed by atoms with Crippen LogP contribution in [0.4, 0.5) is 0 Å². The Morgan fingerprint density at radius 1 is 1.44 bits per heavy atom. The van der Waals surface area contributed by atoms with Crippen molar-refractivity contribution >= 4 is 5.91 Å². The van der Waals surface area contributed by atoms with Gasteiger partial charge in [0.05, 0.1) is 6.61 Å². The van der Waals surface area contributed by atoms with E-state index in [9.17, 15) is 4.79 Å². The molecule has 1 atom stereocenters. The maximum absolute atomic E-state index is 11.4. The lowest BCUT2D eigenvalue weighted by Crippen LogP contribution is -2.57. The van der Waals surface area contributed by atoms with Gasteiger partial charge in [0.25, 0.3) is 0 Å². The first-order chi connectivity index (χ1) is 8.51. The fraction of sp³-hybridized carbons (Fsp3) is 0.462. The molecule has 1 aromatic carbocycles. The van der Waals surface area contributed by atoms with Gasteiger partial charge in [-0.3, -0.25) is 4.79 Å². The van der Waals surface area contributed by atoms with Crippen molar-refractivity contribution in [2.75, 3.05) is 13.2 Å². The number of aliphatic hydroxyl groups excluding tert-OH is 1. The molecule has 5 heteroatoms. The molecule has 0 aliphatic carbocycles. The Labute approximate surface area is 107 Å². The number of aliphatic hydroxyl groups is 1. The van der Waals surface area contributed by atoms with E-state index in [0.29, 0.717) is 12.3 Å². The van der Waals surface area contributed by atoms with Crippen LogP contribution in [0, 0.1) is 0 Å². The number of amides is 1. The summed E-state index contributed by atoms with van der Waals surface area (Å²) in [5.41, 5.74) is 5.28. The second kappa shape index (κ2) is 6.37. The first-order valence-electron chi connectivity index (χ1n) is 5.89. The third-order valence-corrected chi connectivity index (χ3v) is 2.74. The molecule has 0 aliphatic rings. The molecule has 100 valence electrons. The minimum absolute atomic E-state index is 0.00330. The van der Waals surface area contributed by atoms with Crippen LogP contribution in [0.5, 0.6) is 5.75 Å². The second-order valence-corrected chi connectivity index (χ2v) is 4.32. The highest BCUT2D eigenvalue weighted by Gasteiger charge is 2.30. The predicted octanol–water partition coefficient (Wildman–Crippen LogP) is 0.411. The van der Waals surface area contributed by atoms with Crippen molar-refractivity contribution in [1.29, 1.82) is 0 Å². The zero-order valence-electron chi connectivity index (χ0n) is 10.8. The summed E-state index contributed by atoms with van der Waals surface area (Å²) in [6, 6.07) is 7.03. The minimum Gasteiger partial charge on any atom is -0.491 e. The van der Waals surface area contributed by atoms with Crippen LogP contribution in [-0.4, -0.2) is 29.7 Å². The Kier molecular flexibility index (Phi) is 5.12. The van der Waals surface area contributed by atoms with Crippen LogP contribution in [0.3, 0.4) is 0 Å². The standard InChI is InChI=1S/C13H20N2O3/c1-3-15-13(2,12(14)17)9-18-11-6-4-10(8-16)5-7-11/h4-7,15-16H,3,8-9H2,1-2H3,(H2,14,17). The Balaban J connectivity index is 2.64. The average molecular weight is 252 g/mol. The molecule has 18 heavy (non-hydrogen) atoms. The second-order valence-electron chi connectivity index (χ2n) is 4.32. The molecule has 1 aromatic rings. The molecule has 1 amide bonds. The van der Waals surface area contributed by atoms with Gasteiger partial charge in [-0.25, -0.2) is 0 Å². The van der Waals surface area contributed by atoms with Crippen molar-refractivity contribution in [3.8, 4) is 5.75 Å². The van der Waals surface area contributed by atoms with Gasteiger partial charge in [0.15, 0.2) is 0 Å². The van der Waals surface area contributed by atoms with E-state index in [1.165, 1.54) is 0 Å². The summed E-state index contributed by atoms with van der Waals surface area (Å²) < 4.78 is 5.54. The number of carbonyl (C=O) groups is 1. The van der Waals surface area contributed by atoms with Crippen molar-refractivity contribution < 1.29 is 14.6 Å². The molecule has 0 saturated carbocycles. The molecule has 0 radical (unpaired) electrons. The van der Waals surface area contributed by atoms with Gasteiger partial charge in [0, 0.05) is 0 Å². The largest absolute Gasteiger partial charge is 0.491 e. The van der Waals surface area contributed by atoms with Crippen LogP contribution in [0.25, 0.3) is 0 Å². The summed E-state index contributed by atoms with van der Waals surface area (Å²) in [7, 11) is 0. The van der Waals surface area contributed by atoms with Crippen LogP contribution in [0.15, 0.2) is 24.3 Å². The number of ether oxygens (including phenoxy) is 1. The van der Waals surface area contributed by atoms with E-state index in [4.69, 9.17) is 15.6 Å². The SMILES string of the molecule is CCNC(C)(COc1ccc(CO)cc1)C(N)=O. The number of likely N-dealkylation sites (N-methyl/N-ethyl adjacent to an activating group) is 1. The highest BCUT2D eigenvalue weighted by atomic mass is 16.5. The van der Waals surface area contributed by atoms with Crippen molar-refractivity contribution in [2.45, 2.75) is 26.0 Å². The summed E-state index contributed by atoms with van der Waals surface area (Å²) in [6.45, 7) is 4.40. The van der Waals surface area contributed by atoms with Crippen LogP contribution in [-0.2, 0) is 11.4 Å². The van der Waals surface area contributed by atoms with Crippen molar-refractivity contribution in [2.24, 2.45) is 5.73 Å². The Bertz CT molecular complexity index is 392. The molecule has 5 nitrogen and oxygen atoms in total. The van der Waals surface area contributed by atoms with E-state index in [0.717, 1.165) is 5.56 Å². The monoisotopic (exact) mass is 252 g/mol. The zero-order valence-corrected chi connectivity index (χ0v) is 10.8. The van der Waals surface area contributed by atoms with Gasteiger partial charge in [-0.05, 0) is 31.2 Å². The van der Waals surface area contributed by atoms with E-state index >= 15 is 0 Å². The number of hydrogen-bond acceptors (Lipinski definition) is 4. The molecule has 0 fully saturated rings. The van der Waals surface area contributed by atoms with Crippen LogP contribution in [0.2, 0.25) is 0 Å². The summed E-state index contributed by atoms with van der Waals surface area (Å²) in [6.07, 6.45) is 0. The van der Waals surface area contributed by atoms with E-state index in [1.807, 2.05) is 6.92 Å². The number of rotatable bonds is 7. The molecule has 0 aromatic heterocycles. The Morgan fingerprint density at radius 2 is 2.06 bits per heavy atom. The minimum atomic E-state index is -0.885. The lowest BCUT2D eigenvalue weighted by atomic mass is 10.0. The lowest BCUT2D eigenvalue weighted by Gasteiger charge is -2.26. The van der Waals surface area contributed by atoms with Crippen LogP contribution < -0.4 is 15.8 Å². The first-order valence-corrected chi connectivity index (χ1v) is 5.89. The number of hydrogen-bond donors (Lipinski definition) is 3. The maximum Gasteiger partial charge on any atom is 0.240 e. The zero-order chi connectivity index (χ0) is 13.6. The van der Waals surface area contributed by atoms with Crippen LogP contribution in [0.1, 0.15) is 19.4 Å². The molecule has 0 spiro atoms. The average Bonchev–Trinajstić information content (AvgIpc) is 2.37.